The van der Waals surface area contributed by atoms with Crippen LogP contribution in [0, 0.1) is 6.92 Å². The summed E-state index contributed by atoms with van der Waals surface area (Å²) in [6.45, 7) is 4.31. The second-order valence-corrected chi connectivity index (χ2v) is 3.99. The summed E-state index contributed by atoms with van der Waals surface area (Å²) < 4.78 is 0. The second kappa shape index (κ2) is 5.80. The van der Waals surface area contributed by atoms with Gasteiger partial charge in [0.25, 0.3) is 5.91 Å². The molecule has 0 atom stereocenters. The van der Waals surface area contributed by atoms with E-state index in [-0.39, 0.29) is 5.91 Å². The minimum Gasteiger partial charge on any atom is -0.340 e. The Labute approximate surface area is 101 Å². The highest BCUT2D eigenvalue weighted by atomic mass is 35.5. The van der Waals surface area contributed by atoms with Crippen LogP contribution >= 0.6 is 11.6 Å². The molecule has 0 fully saturated rings. The van der Waals surface area contributed by atoms with E-state index in [4.69, 9.17) is 11.6 Å². The molecule has 1 rings (SSSR count). The van der Waals surface area contributed by atoms with Gasteiger partial charge in [-0.1, -0.05) is 6.92 Å². The Hall–Kier alpha value is -1.16. The van der Waals surface area contributed by atoms with E-state index in [1.54, 1.807) is 18.0 Å². The van der Waals surface area contributed by atoms with Crippen LogP contribution in [-0.4, -0.2) is 40.5 Å². The molecule has 1 aromatic rings. The number of aryl methyl sites for hydroxylation is 2. The number of alkyl halides is 1. The van der Waals surface area contributed by atoms with Crippen molar-refractivity contribution in [3.8, 4) is 0 Å². The zero-order chi connectivity index (χ0) is 12.1. The molecule has 0 spiro atoms. The molecular weight excluding hydrogens is 226 g/mol. The highest BCUT2D eigenvalue weighted by Crippen LogP contribution is 2.10. The monoisotopic (exact) mass is 241 g/mol. The van der Waals surface area contributed by atoms with Gasteiger partial charge in [-0.3, -0.25) is 4.79 Å². The molecule has 0 saturated carbocycles. The van der Waals surface area contributed by atoms with Crippen LogP contribution in [0.1, 0.15) is 28.7 Å². The van der Waals surface area contributed by atoms with Gasteiger partial charge in [-0.15, -0.1) is 11.6 Å². The maximum atomic E-state index is 12.1. The summed E-state index contributed by atoms with van der Waals surface area (Å²) in [5, 5.41) is 7.98. The van der Waals surface area contributed by atoms with Crippen LogP contribution < -0.4 is 0 Å². The average molecular weight is 242 g/mol. The molecule has 5 heteroatoms. The van der Waals surface area contributed by atoms with Gasteiger partial charge in [-0.25, -0.2) is 0 Å². The Bertz CT molecular complexity index is 381. The Balaban J connectivity index is 3.01. The largest absolute Gasteiger partial charge is 0.340 e. The fourth-order valence-corrected chi connectivity index (χ4v) is 1.65. The van der Waals surface area contributed by atoms with Gasteiger partial charge >= 0.3 is 0 Å². The van der Waals surface area contributed by atoms with Crippen LogP contribution in [0.3, 0.4) is 0 Å². The predicted octanol–water partition coefficient (Wildman–Crippen LogP) is 1.66. The Morgan fingerprint density at radius 1 is 1.50 bits per heavy atom. The number of carbonyl (C=O) groups excluding carboxylic acids is 1. The predicted molar refractivity (Wildman–Crippen MR) is 63.8 cm³/mol. The lowest BCUT2D eigenvalue weighted by Gasteiger charge is -2.16. The van der Waals surface area contributed by atoms with Crippen molar-refractivity contribution in [2.24, 2.45) is 0 Å². The van der Waals surface area contributed by atoms with Gasteiger partial charge in [-0.2, -0.15) is 10.2 Å². The van der Waals surface area contributed by atoms with Crippen molar-refractivity contribution in [1.82, 2.24) is 15.1 Å². The molecule has 1 heterocycles. The Kier molecular flexibility index (Phi) is 4.68. The molecule has 1 aromatic heterocycles. The van der Waals surface area contributed by atoms with Crippen LogP contribution in [-0.2, 0) is 6.42 Å². The standard InChI is InChI=1S/C11H16ClN3O/c1-4-10-9(7-8(2)13-14-10)11(16)15(3)6-5-12/h7H,4-6H2,1-3H3. The Morgan fingerprint density at radius 3 is 2.75 bits per heavy atom. The van der Waals surface area contributed by atoms with E-state index in [0.29, 0.717) is 24.4 Å². The van der Waals surface area contributed by atoms with E-state index in [9.17, 15) is 4.79 Å². The lowest BCUT2D eigenvalue weighted by Crippen LogP contribution is -2.29. The minimum absolute atomic E-state index is 0.0458. The number of carbonyl (C=O) groups is 1. The van der Waals surface area contributed by atoms with Crippen molar-refractivity contribution in [3.05, 3.63) is 23.0 Å². The van der Waals surface area contributed by atoms with Crippen molar-refractivity contribution in [3.63, 3.8) is 0 Å². The van der Waals surface area contributed by atoms with Crippen molar-refractivity contribution in [2.75, 3.05) is 19.5 Å². The van der Waals surface area contributed by atoms with Crippen molar-refractivity contribution < 1.29 is 4.79 Å². The summed E-state index contributed by atoms with van der Waals surface area (Å²) in [5.41, 5.74) is 2.11. The number of hydrogen-bond donors (Lipinski definition) is 0. The lowest BCUT2D eigenvalue weighted by molar-refractivity contribution is 0.0801. The molecule has 88 valence electrons. The van der Waals surface area contributed by atoms with E-state index in [1.807, 2.05) is 13.8 Å². The SMILES string of the molecule is CCc1nnc(C)cc1C(=O)N(C)CCCl. The van der Waals surface area contributed by atoms with Crippen molar-refractivity contribution >= 4 is 17.5 Å². The van der Waals surface area contributed by atoms with Gasteiger partial charge in [0.05, 0.1) is 17.0 Å². The van der Waals surface area contributed by atoms with E-state index < -0.39 is 0 Å². The third-order valence-electron chi connectivity index (χ3n) is 2.32. The summed E-state index contributed by atoms with van der Waals surface area (Å²) in [6.07, 6.45) is 0.697. The average Bonchev–Trinajstić information content (AvgIpc) is 2.28. The highest BCUT2D eigenvalue weighted by Gasteiger charge is 2.16. The maximum absolute atomic E-state index is 12.1. The summed E-state index contributed by atoms with van der Waals surface area (Å²) >= 11 is 5.61. The molecular formula is C11H16ClN3O. The first kappa shape index (κ1) is 12.9. The van der Waals surface area contributed by atoms with Crippen LogP contribution in [0.25, 0.3) is 0 Å². The number of halogens is 1. The fraction of sp³-hybridized carbons (Fsp3) is 0.545. The molecule has 0 radical (unpaired) electrons. The minimum atomic E-state index is -0.0458. The quantitative estimate of drug-likeness (QED) is 0.754. The zero-order valence-corrected chi connectivity index (χ0v) is 10.6. The van der Waals surface area contributed by atoms with Crippen LogP contribution in [0.15, 0.2) is 6.07 Å². The third kappa shape index (κ3) is 2.92. The number of aromatic nitrogens is 2. The maximum Gasteiger partial charge on any atom is 0.255 e. The smallest absolute Gasteiger partial charge is 0.255 e. The first-order valence-corrected chi connectivity index (χ1v) is 5.78. The number of rotatable bonds is 4. The normalized spacial score (nSPS) is 10.2. The molecule has 0 bridgehead atoms. The van der Waals surface area contributed by atoms with E-state index in [1.165, 1.54) is 0 Å². The fourth-order valence-electron chi connectivity index (χ4n) is 1.39. The molecule has 0 unspecified atom stereocenters. The van der Waals surface area contributed by atoms with Crippen molar-refractivity contribution in [2.45, 2.75) is 20.3 Å². The summed E-state index contributed by atoms with van der Waals surface area (Å²) in [7, 11) is 1.74. The zero-order valence-electron chi connectivity index (χ0n) is 9.83. The number of hydrogen-bond acceptors (Lipinski definition) is 3. The van der Waals surface area contributed by atoms with Gasteiger partial charge in [-0.05, 0) is 19.4 Å². The van der Waals surface area contributed by atoms with Crippen LogP contribution in [0.5, 0.6) is 0 Å². The van der Waals surface area contributed by atoms with Gasteiger partial charge < -0.3 is 4.90 Å². The van der Waals surface area contributed by atoms with Crippen molar-refractivity contribution in [1.29, 1.82) is 0 Å². The molecule has 16 heavy (non-hydrogen) atoms. The summed E-state index contributed by atoms with van der Waals surface area (Å²) in [5.74, 6) is 0.386. The molecule has 4 nitrogen and oxygen atoms in total. The van der Waals surface area contributed by atoms with Crippen LogP contribution in [0.2, 0.25) is 0 Å². The molecule has 0 aliphatic heterocycles. The first-order valence-electron chi connectivity index (χ1n) is 5.24. The molecule has 0 N–H and O–H groups in total. The molecule has 0 aromatic carbocycles. The first-order chi connectivity index (χ1) is 7.60. The molecule has 0 saturated heterocycles. The molecule has 0 aliphatic carbocycles. The highest BCUT2D eigenvalue weighted by molar-refractivity contribution is 6.18. The second-order valence-electron chi connectivity index (χ2n) is 3.62. The number of amides is 1. The molecule has 0 aliphatic rings. The number of nitrogens with zero attached hydrogens (tertiary/aromatic N) is 3. The van der Waals surface area contributed by atoms with Gasteiger partial charge in [0.15, 0.2) is 0 Å². The van der Waals surface area contributed by atoms with Gasteiger partial charge in [0.1, 0.15) is 0 Å². The van der Waals surface area contributed by atoms with Crippen LogP contribution in [0.4, 0.5) is 0 Å². The molecule has 1 amide bonds. The topological polar surface area (TPSA) is 46.1 Å². The lowest BCUT2D eigenvalue weighted by atomic mass is 10.1. The van der Waals surface area contributed by atoms with Gasteiger partial charge in [0.2, 0.25) is 0 Å². The van der Waals surface area contributed by atoms with E-state index >= 15 is 0 Å². The van der Waals surface area contributed by atoms with E-state index in [2.05, 4.69) is 10.2 Å². The van der Waals surface area contributed by atoms with E-state index in [0.717, 1.165) is 11.4 Å². The summed E-state index contributed by atoms with van der Waals surface area (Å²) in [6, 6.07) is 1.78. The van der Waals surface area contributed by atoms with Gasteiger partial charge in [0, 0.05) is 19.5 Å². The Morgan fingerprint density at radius 2 is 2.19 bits per heavy atom. The third-order valence-corrected chi connectivity index (χ3v) is 2.49. The summed E-state index contributed by atoms with van der Waals surface area (Å²) in [4.78, 5) is 13.7.